The third kappa shape index (κ3) is 3.20. The van der Waals surface area contributed by atoms with E-state index in [0.717, 1.165) is 16.0 Å². The third-order valence-electron chi connectivity index (χ3n) is 2.97. The van der Waals surface area contributed by atoms with Gasteiger partial charge in [0.25, 0.3) is 10.0 Å². The molecule has 1 heterocycles. The van der Waals surface area contributed by atoms with E-state index in [1.165, 1.54) is 11.3 Å². The standard InChI is InChI=1S/C14H18N2O2S2/c1-10-4-5-11(2)12(8-10)16-20(17,18)14-6-7-19-13(14)9-15-3/h4-8,15-16H,9H2,1-3H3. The molecule has 0 aliphatic rings. The number of hydrogen-bond acceptors (Lipinski definition) is 4. The van der Waals surface area contributed by atoms with Gasteiger partial charge in [-0.15, -0.1) is 11.3 Å². The summed E-state index contributed by atoms with van der Waals surface area (Å²) in [5.74, 6) is 0. The summed E-state index contributed by atoms with van der Waals surface area (Å²) in [6.07, 6.45) is 0. The number of thiophene rings is 1. The van der Waals surface area contributed by atoms with Gasteiger partial charge in [0.2, 0.25) is 0 Å². The zero-order valence-corrected chi connectivity index (χ0v) is 13.4. The molecule has 0 fully saturated rings. The molecule has 1 aromatic heterocycles. The molecule has 0 atom stereocenters. The molecule has 0 spiro atoms. The van der Waals surface area contributed by atoms with E-state index in [1.807, 2.05) is 32.0 Å². The number of benzene rings is 1. The number of hydrogen-bond donors (Lipinski definition) is 2. The van der Waals surface area contributed by atoms with Crippen molar-refractivity contribution in [1.29, 1.82) is 0 Å². The number of sulfonamides is 1. The lowest BCUT2D eigenvalue weighted by atomic mass is 10.1. The van der Waals surface area contributed by atoms with Crippen LogP contribution < -0.4 is 10.0 Å². The van der Waals surface area contributed by atoms with E-state index in [-0.39, 0.29) is 0 Å². The molecule has 0 aliphatic heterocycles. The minimum absolute atomic E-state index is 0.345. The predicted octanol–water partition coefficient (Wildman–Crippen LogP) is 2.89. The molecule has 0 unspecified atom stereocenters. The Hall–Kier alpha value is -1.37. The van der Waals surface area contributed by atoms with Crippen LogP contribution >= 0.6 is 11.3 Å². The maximum Gasteiger partial charge on any atom is 0.263 e. The summed E-state index contributed by atoms with van der Waals surface area (Å²) in [7, 11) is -1.74. The minimum Gasteiger partial charge on any atom is -0.315 e. The number of nitrogens with one attached hydrogen (secondary N) is 2. The molecule has 6 heteroatoms. The van der Waals surface area contributed by atoms with Gasteiger partial charge in [0.05, 0.1) is 5.69 Å². The first-order valence-electron chi connectivity index (χ1n) is 6.25. The zero-order chi connectivity index (χ0) is 14.8. The topological polar surface area (TPSA) is 58.2 Å². The van der Waals surface area contributed by atoms with Crippen LogP contribution in [-0.4, -0.2) is 15.5 Å². The van der Waals surface area contributed by atoms with Crippen molar-refractivity contribution in [3.05, 3.63) is 45.6 Å². The van der Waals surface area contributed by atoms with Crippen LogP contribution in [0.2, 0.25) is 0 Å². The lowest BCUT2D eigenvalue weighted by Gasteiger charge is -2.11. The molecule has 0 aliphatic carbocycles. The molecule has 0 saturated carbocycles. The third-order valence-corrected chi connectivity index (χ3v) is 5.47. The van der Waals surface area contributed by atoms with Gasteiger partial charge in [-0.3, -0.25) is 4.72 Å². The van der Waals surface area contributed by atoms with Gasteiger partial charge in [-0.25, -0.2) is 8.42 Å². The van der Waals surface area contributed by atoms with E-state index in [1.54, 1.807) is 18.5 Å². The van der Waals surface area contributed by atoms with Gasteiger partial charge in [0.1, 0.15) is 4.90 Å². The quantitative estimate of drug-likeness (QED) is 0.893. The number of aryl methyl sites for hydroxylation is 2. The summed E-state index contributed by atoms with van der Waals surface area (Å²) in [6.45, 7) is 4.37. The van der Waals surface area contributed by atoms with Gasteiger partial charge in [-0.05, 0) is 49.5 Å². The first-order valence-corrected chi connectivity index (χ1v) is 8.61. The molecule has 2 rings (SSSR count). The van der Waals surface area contributed by atoms with Crippen molar-refractivity contribution < 1.29 is 8.42 Å². The van der Waals surface area contributed by atoms with Gasteiger partial charge in [-0.1, -0.05) is 12.1 Å². The Bertz CT molecular complexity index is 706. The van der Waals surface area contributed by atoms with Crippen LogP contribution in [0.1, 0.15) is 16.0 Å². The van der Waals surface area contributed by atoms with Crippen molar-refractivity contribution in [3.63, 3.8) is 0 Å². The van der Waals surface area contributed by atoms with Crippen LogP contribution in [0.5, 0.6) is 0 Å². The molecule has 20 heavy (non-hydrogen) atoms. The van der Waals surface area contributed by atoms with E-state index in [0.29, 0.717) is 17.1 Å². The van der Waals surface area contributed by atoms with E-state index >= 15 is 0 Å². The normalized spacial score (nSPS) is 11.6. The summed E-state index contributed by atoms with van der Waals surface area (Å²) in [4.78, 5) is 1.16. The second-order valence-corrected chi connectivity index (χ2v) is 7.31. The van der Waals surface area contributed by atoms with Crippen molar-refractivity contribution in [2.75, 3.05) is 11.8 Å². The Labute approximate surface area is 123 Å². The smallest absolute Gasteiger partial charge is 0.263 e. The molecule has 2 N–H and O–H groups in total. The van der Waals surface area contributed by atoms with Crippen LogP contribution in [0.15, 0.2) is 34.5 Å². The van der Waals surface area contributed by atoms with Crippen LogP contribution in [0.4, 0.5) is 5.69 Å². The molecule has 4 nitrogen and oxygen atoms in total. The highest BCUT2D eigenvalue weighted by molar-refractivity contribution is 7.93. The summed E-state index contributed by atoms with van der Waals surface area (Å²) in [5.41, 5.74) is 2.56. The fourth-order valence-electron chi connectivity index (χ4n) is 1.90. The maximum absolute atomic E-state index is 12.5. The molecule has 2 aromatic rings. The van der Waals surface area contributed by atoms with Crippen molar-refractivity contribution in [3.8, 4) is 0 Å². The van der Waals surface area contributed by atoms with Gasteiger partial charge in [-0.2, -0.15) is 0 Å². The summed E-state index contributed by atoms with van der Waals surface area (Å²) < 4.78 is 27.7. The fraction of sp³-hybridized carbons (Fsp3) is 0.286. The Kier molecular flexibility index (Phi) is 4.47. The highest BCUT2D eigenvalue weighted by atomic mass is 32.2. The molecular weight excluding hydrogens is 292 g/mol. The highest BCUT2D eigenvalue weighted by Gasteiger charge is 2.20. The molecule has 0 amide bonds. The van der Waals surface area contributed by atoms with E-state index in [9.17, 15) is 8.42 Å². The van der Waals surface area contributed by atoms with Gasteiger partial charge in [0, 0.05) is 11.4 Å². The predicted molar refractivity (Wildman–Crippen MR) is 83.8 cm³/mol. The van der Waals surface area contributed by atoms with Crippen LogP contribution in [0.25, 0.3) is 0 Å². The van der Waals surface area contributed by atoms with Gasteiger partial charge >= 0.3 is 0 Å². The number of anilines is 1. The molecule has 1 aromatic carbocycles. The maximum atomic E-state index is 12.5. The molecule has 0 saturated heterocycles. The first kappa shape index (κ1) is 15.0. The van der Waals surface area contributed by atoms with Crippen LogP contribution in [0, 0.1) is 13.8 Å². The molecule has 0 bridgehead atoms. The summed E-state index contributed by atoms with van der Waals surface area (Å²) in [6, 6.07) is 7.36. The van der Waals surface area contributed by atoms with Crippen LogP contribution in [-0.2, 0) is 16.6 Å². The van der Waals surface area contributed by atoms with Crippen molar-refractivity contribution in [1.82, 2.24) is 5.32 Å². The first-order chi connectivity index (χ1) is 9.44. The Morgan fingerprint density at radius 3 is 2.65 bits per heavy atom. The lowest BCUT2D eigenvalue weighted by molar-refractivity contribution is 0.600. The summed E-state index contributed by atoms with van der Waals surface area (Å²) in [5, 5.41) is 4.78. The van der Waals surface area contributed by atoms with Crippen molar-refractivity contribution >= 4 is 27.0 Å². The number of rotatable bonds is 5. The highest BCUT2D eigenvalue weighted by Crippen LogP contribution is 2.26. The lowest BCUT2D eigenvalue weighted by Crippen LogP contribution is -2.16. The zero-order valence-electron chi connectivity index (χ0n) is 11.7. The van der Waals surface area contributed by atoms with E-state index < -0.39 is 10.0 Å². The summed E-state index contributed by atoms with van der Waals surface area (Å²) >= 11 is 1.44. The average Bonchev–Trinajstić information content (AvgIpc) is 2.83. The molecule has 108 valence electrons. The van der Waals surface area contributed by atoms with Crippen molar-refractivity contribution in [2.45, 2.75) is 25.3 Å². The Morgan fingerprint density at radius 2 is 1.95 bits per heavy atom. The minimum atomic E-state index is -3.54. The van der Waals surface area contributed by atoms with Gasteiger partial charge in [0.15, 0.2) is 0 Å². The molecular formula is C14H18N2O2S2. The fourth-order valence-corrected chi connectivity index (χ4v) is 4.48. The SMILES string of the molecule is CNCc1sccc1S(=O)(=O)Nc1cc(C)ccc1C. The largest absolute Gasteiger partial charge is 0.315 e. The average molecular weight is 310 g/mol. The second-order valence-electron chi connectivity index (χ2n) is 4.66. The molecule has 0 radical (unpaired) electrons. The van der Waals surface area contributed by atoms with E-state index in [2.05, 4.69) is 10.0 Å². The second kappa shape index (κ2) is 5.95. The monoisotopic (exact) mass is 310 g/mol. The Morgan fingerprint density at radius 1 is 1.20 bits per heavy atom. The van der Waals surface area contributed by atoms with Gasteiger partial charge < -0.3 is 5.32 Å². The van der Waals surface area contributed by atoms with E-state index in [4.69, 9.17) is 0 Å². The Balaban J connectivity index is 2.36. The van der Waals surface area contributed by atoms with Crippen molar-refractivity contribution in [2.24, 2.45) is 0 Å². The van der Waals surface area contributed by atoms with Crippen LogP contribution in [0.3, 0.4) is 0 Å².